The fraction of sp³-hybridized carbons (Fsp3) is 0.630. The van der Waals surface area contributed by atoms with Gasteiger partial charge in [0.15, 0.2) is 0 Å². The highest BCUT2D eigenvalue weighted by Crippen LogP contribution is 2.30. The van der Waals surface area contributed by atoms with Gasteiger partial charge in [-0.1, -0.05) is 31.9 Å². The number of hydrogen-bond acceptors (Lipinski definition) is 6. The van der Waals surface area contributed by atoms with Gasteiger partial charge in [0, 0.05) is 30.6 Å². The number of aliphatic hydroxyl groups is 1. The summed E-state index contributed by atoms with van der Waals surface area (Å²) in [6.07, 6.45) is 10.1. The highest BCUT2D eigenvalue weighted by molar-refractivity contribution is 5.85. The molecule has 0 spiro atoms. The molecule has 196 valence electrons. The second kappa shape index (κ2) is 14.8. The summed E-state index contributed by atoms with van der Waals surface area (Å²) in [7, 11) is 2.08. The zero-order valence-electron chi connectivity index (χ0n) is 21.0. The first-order valence-electron chi connectivity index (χ1n) is 12.8. The Kier molecular flexibility index (Phi) is 12.6. The molecule has 8 heteroatoms. The van der Waals surface area contributed by atoms with Crippen molar-refractivity contribution in [3.05, 3.63) is 36.0 Å². The topological polar surface area (TPSA) is 67.7 Å². The van der Waals surface area contributed by atoms with Crippen LogP contribution in [0.1, 0.15) is 64.0 Å². The van der Waals surface area contributed by atoms with Crippen LogP contribution in [0, 0.1) is 5.92 Å². The van der Waals surface area contributed by atoms with Crippen LogP contribution in [-0.4, -0.2) is 59.2 Å². The molecule has 2 aromatic rings. The predicted octanol–water partition coefficient (Wildman–Crippen LogP) is 5.73. The van der Waals surface area contributed by atoms with E-state index in [1.807, 2.05) is 6.07 Å². The monoisotopic (exact) mass is 525 g/mol. The zero-order chi connectivity index (χ0) is 23.0. The van der Waals surface area contributed by atoms with Gasteiger partial charge in [0.25, 0.3) is 0 Å². The first-order chi connectivity index (χ1) is 16.1. The standard InChI is InChI=1S/C27H39N3O3.2ClH/c1-3-4-10-25-24(20-11-13-23(14-12-20)33-22-8-6-5-7-9-22)17-27(29-28-25)32-19-21-18-30(2)16-15-26(21)31;;/h11-14,17,21-22,26,31H,3-10,15-16,18-19H2,1-2H3;2*1H. The molecule has 1 N–H and O–H groups in total. The Morgan fingerprint density at radius 1 is 1.03 bits per heavy atom. The Morgan fingerprint density at radius 3 is 2.49 bits per heavy atom. The van der Waals surface area contributed by atoms with Gasteiger partial charge in [-0.15, -0.1) is 29.9 Å². The summed E-state index contributed by atoms with van der Waals surface area (Å²) in [5.41, 5.74) is 3.18. The van der Waals surface area contributed by atoms with Crippen LogP contribution < -0.4 is 9.47 Å². The number of benzene rings is 1. The van der Waals surface area contributed by atoms with Gasteiger partial charge in [-0.3, -0.25) is 0 Å². The van der Waals surface area contributed by atoms with E-state index in [9.17, 15) is 5.11 Å². The summed E-state index contributed by atoms with van der Waals surface area (Å²) in [6.45, 7) is 4.39. The minimum Gasteiger partial charge on any atom is -0.490 e. The van der Waals surface area contributed by atoms with Crippen LogP contribution in [0.4, 0.5) is 0 Å². The van der Waals surface area contributed by atoms with E-state index in [1.54, 1.807) is 0 Å². The second-order valence-corrected chi connectivity index (χ2v) is 9.74. The van der Waals surface area contributed by atoms with Crippen molar-refractivity contribution >= 4 is 24.8 Å². The number of halogens is 2. The molecule has 1 saturated carbocycles. The number of nitrogens with zero attached hydrogens (tertiary/aromatic N) is 3. The maximum absolute atomic E-state index is 10.3. The SMILES string of the molecule is CCCCc1nnc(OCC2CN(C)CCC2O)cc1-c1ccc(OC2CCCCC2)cc1.Cl.Cl. The molecule has 0 amide bonds. The molecule has 1 aliphatic carbocycles. The smallest absolute Gasteiger partial charge is 0.234 e. The van der Waals surface area contributed by atoms with Crippen molar-refractivity contribution in [2.24, 2.45) is 5.92 Å². The van der Waals surface area contributed by atoms with Crippen molar-refractivity contribution in [3.63, 3.8) is 0 Å². The van der Waals surface area contributed by atoms with Gasteiger partial charge < -0.3 is 19.5 Å². The number of unbranched alkanes of at least 4 members (excludes halogenated alkanes) is 1. The third kappa shape index (κ3) is 8.49. The van der Waals surface area contributed by atoms with Gasteiger partial charge in [-0.25, -0.2) is 0 Å². The van der Waals surface area contributed by atoms with Gasteiger partial charge in [0.05, 0.1) is 24.5 Å². The molecule has 0 bridgehead atoms. The molecule has 1 aromatic carbocycles. The van der Waals surface area contributed by atoms with Gasteiger partial charge in [0.2, 0.25) is 5.88 Å². The van der Waals surface area contributed by atoms with E-state index in [2.05, 4.69) is 53.3 Å². The van der Waals surface area contributed by atoms with Crippen LogP contribution in [0.2, 0.25) is 0 Å². The molecule has 2 unspecified atom stereocenters. The third-order valence-corrected chi connectivity index (χ3v) is 6.98. The number of ether oxygens (including phenoxy) is 2. The van der Waals surface area contributed by atoms with E-state index in [0.717, 1.165) is 74.2 Å². The lowest BCUT2D eigenvalue weighted by molar-refractivity contribution is 0.0127. The summed E-state index contributed by atoms with van der Waals surface area (Å²) < 4.78 is 12.2. The van der Waals surface area contributed by atoms with Crippen LogP contribution in [0.15, 0.2) is 30.3 Å². The highest BCUT2D eigenvalue weighted by Gasteiger charge is 2.27. The molecule has 2 heterocycles. The lowest BCUT2D eigenvalue weighted by Crippen LogP contribution is -2.43. The molecule has 6 nitrogen and oxygen atoms in total. The van der Waals surface area contributed by atoms with Gasteiger partial charge >= 0.3 is 0 Å². The van der Waals surface area contributed by atoms with Crippen molar-refractivity contribution < 1.29 is 14.6 Å². The summed E-state index contributed by atoms with van der Waals surface area (Å²) in [6, 6.07) is 10.4. The van der Waals surface area contributed by atoms with E-state index < -0.39 is 0 Å². The fourth-order valence-corrected chi connectivity index (χ4v) is 4.89. The maximum atomic E-state index is 10.3. The molecule has 4 rings (SSSR count). The predicted molar refractivity (Wildman–Crippen MR) is 145 cm³/mol. The molecule has 2 aliphatic rings. The molecule has 1 saturated heterocycles. The quantitative estimate of drug-likeness (QED) is 0.450. The second-order valence-electron chi connectivity index (χ2n) is 9.74. The minimum absolute atomic E-state index is 0. The number of likely N-dealkylation sites (tertiary alicyclic amines) is 1. The normalized spacial score (nSPS) is 21.0. The largest absolute Gasteiger partial charge is 0.490 e. The highest BCUT2D eigenvalue weighted by atomic mass is 35.5. The summed E-state index contributed by atoms with van der Waals surface area (Å²) in [5.74, 6) is 1.55. The molecule has 35 heavy (non-hydrogen) atoms. The number of rotatable bonds is 9. The Hall–Kier alpha value is -1.60. The number of aromatic nitrogens is 2. The number of hydrogen-bond donors (Lipinski definition) is 1. The Bertz CT molecular complexity index is 878. The van der Waals surface area contributed by atoms with E-state index in [4.69, 9.17) is 9.47 Å². The summed E-state index contributed by atoms with van der Waals surface area (Å²) in [5, 5.41) is 19.2. The van der Waals surface area contributed by atoms with E-state index in [0.29, 0.717) is 18.6 Å². The van der Waals surface area contributed by atoms with Crippen LogP contribution in [0.25, 0.3) is 11.1 Å². The van der Waals surface area contributed by atoms with E-state index in [1.165, 1.54) is 19.3 Å². The van der Waals surface area contributed by atoms with Crippen molar-refractivity contribution in [2.45, 2.75) is 76.9 Å². The molecule has 2 fully saturated rings. The minimum atomic E-state index is -0.325. The first-order valence-corrected chi connectivity index (χ1v) is 12.8. The molecular formula is C27H41Cl2N3O3. The Labute approximate surface area is 222 Å². The average molecular weight is 527 g/mol. The van der Waals surface area contributed by atoms with Crippen molar-refractivity contribution in [2.75, 3.05) is 26.7 Å². The molecule has 1 aromatic heterocycles. The van der Waals surface area contributed by atoms with Gasteiger partial charge in [-0.05, 0) is 69.7 Å². The zero-order valence-corrected chi connectivity index (χ0v) is 22.7. The number of piperidine rings is 1. The summed E-state index contributed by atoms with van der Waals surface area (Å²) in [4.78, 5) is 2.24. The average Bonchev–Trinajstić information content (AvgIpc) is 2.85. The van der Waals surface area contributed by atoms with Crippen molar-refractivity contribution in [3.8, 4) is 22.8 Å². The van der Waals surface area contributed by atoms with Crippen LogP contribution in [0.3, 0.4) is 0 Å². The lowest BCUT2D eigenvalue weighted by atomic mass is 9.96. The number of aryl methyl sites for hydroxylation is 1. The summed E-state index contributed by atoms with van der Waals surface area (Å²) >= 11 is 0. The molecule has 0 radical (unpaired) electrons. The molecule has 2 atom stereocenters. The molecular weight excluding hydrogens is 485 g/mol. The Morgan fingerprint density at radius 2 is 1.77 bits per heavy atom. The van der Waals surface area contributed by atoms with Crippen LogP contribution >= 0.6 is 24.8 Å². The van der Waals surface area contributed by atoms with Gasteiger partial charge in [0.1, 0.15) is 5.75 Å². The van der Waals surface area contributed by atoms with Crippen molar-refractivity contribution in [1.82, 2.24) is 15.1 Å². The Balaban J connectivity index is 0.00000216. The maximum Gasteiger partial charge on any atom is 0.234 e. The van der Waals surface area contributed by atoms with Crippen molar-refractivity contribution in [1.29, 1.82) is 0 Å². The van der Waals surface area contributed by atoms with Crippen LogP contribution in [-0.2, 0) is 6.42 Å². The molecule has 1 aliphatic heterocycles. The van der Waals surface area contributed by atoms with E-state index in [-0.39, 0.29) is 36.8 Å². The fourth-order valence-electron chi connectivity index (χ4n) is 4.89. The number of aliphatic hydroxyl groups excluding tert-OH is 1. The van der Waals surface area contributed by atoms with Crippen LogP contribution in [0.5, 0.6) is 11.6 Å². The lowest BCUT2D eigenvalue weighted by Gasteiger charge is -2.33. The van der Waals surface area contributed by atoms with E-state index >= 15 is 0 Å². The van der Waals surface area contributed by atoms with Gasteiger partial charge in [-0.2, -0.15) is 5.10 Å². The third-order valence-electron chi connectivity index (χ3n) is 6.98. The first kappa shape index (κ1) is 29.6.